The maximum atomic E-state index is 4.13. The lowest BCUT2D eigenvalue weighted by molar-refractivity contribution is 0.552. The minimum absolute atomic E-state index is 0.379. The van der Waals surface area contributed by atoms with Crippen molar-refractivity contribution in [2.75, 3.05) is 6.54 Å². The summed E-state index contributed by atoms with van der Waals surface area (Å²) >= 11 is 0. The first kappa shape index (κ1) is 14.7. The highest BCUT2D eigenvalue weighted by molar-refractivity contribution is 5.37. The number of nitrogens with one attached hydrogen (secondary N) is 2. The van der Waals surface area contributed by atoms with Gasteiger partial charge in [-0.1, -0.05) is 12.1 Å². The van der Waals surface area contributed by atoms with Gasteiger partial charge in [0, 0.05) is 12.5 Å². The zero-order valence-corrected chi connectivity index (χ0v) is 12.8. The van der Waals surface area contributed by atoms with Crippen molar-refractivity contribution in [1.82, 2.24) is 20.5 Å². The van der Waals surface area contributed by atoms with Crippen LogP contribution in [-0.4, -0.2) is 21.7 Å². The van der Waals surface area contributed by atoms with Gasteiger partial charge in [0.15, 0.2) is 0 Å². The fourth-order valence-corrected chi connectivity index (χ4v) is 2.48. The average molecular weight is 272 g/mol. The highest BCUT2D eigenvalue weighted by Crippen LogP contribution is 2.21. The number of hydrogen-bond donors (Lipinski definition) is 2. The van der Waals surface area contributed by atoms with E-state index < -0.39 is 0 Å². The van der Waals surface area contributed by atoms with Crippen LogP contribution in [0.25, 0.3) is 0 Å². The smallest absolute Gasteiger partial charge is 0.137 e. The van der Waals surface area contributed by atoms with E-state index >= 15 is 0 Å². The summed E-state index contributed by atoms with van der Waals surface area (Å²) in [5.41, 5.74) is 5.49. The molecule has 2 rings (SSSR count). The lowest BCUT2D eigenvalue weighted by Gasteiger charge is -2.18. The summed E-state index contributed by atoms with van der Waals surface area (Å²) in [6, 6.07) is 4.96. The molecule has 0 saturated heterocycles. The van der Waals surface area contributed by atoms with Gasteiger partial charge >= 0.3 is 0 Å². The number of benzene rings is 1. The van der Waals surface area contributed by atoms with E-state index in [1.165, 1.54) is 22.3 Å². The normalized spacial score (nSPS) is 12.6. The van der Waals surface area contributed by atoms with Gasteiger partial charge in [-0.15, -0.1) is 0 Å². The molecular formula is C16H24N4. The van der Waals surface area contributed by atoms with E-state index in [4.69, 9.17) is 0 Å². The molecule has 1 atom stereocenters. The number of aromatic amines is 1. The van der Waals surface area contributed by atoms with E-state index in [-0.39, 0.29) is 0 Å². The van der Waals surface area contributed by atoms with Crippen molar-refractivity contribution in [3.8, 4) is 0 Å². The highest BCUT2D eigenvalue weighted by atomic mass is 15.2. The summed E-state index contributed by atoms with van der Waals surface area (Å²) in [6.45, 7) is 9.74. The van der Waals surface area contributed by atoms with E-state index in [1.54, 1.807) is 6.33 Å². The molecular weight excluding hydrogens is 248 g/mol. The van der Waals surface area contributed by atoms with Crippen molar-refractivity contribution in [1.29, 1.82) is 0 Å². The molecule has 1 unspecified atom stereocenters. The van der Waals surface area contributed by atoms with Crippen LogP contribution in [0.4, 0.5) is 0 Å². The predicted molar refractivity (Wildman–Crippen MR) is 81.8 cm³/mol. The minimum atomic E-state index is 0.379. The molecule has 0 aliphatic rings. The fraction of sp³-hybridized carbons (Fsp3) is 0.500. The molecule has 1 heterocycles. The van der Waals surface area contributed by atoms with Crippen molar-refractivity contribution in [3.63, 3.8) is 0 Å². The van der Waals surface area contributed by atoms with E-state index in [2.05, 4.69) is 60.3 Å². The van der Waals surface area contributed by atoms with Crippen LogP contribution in [0.3, 0.4) is 0 Å². The molecule has 0 aliphatic heterocycles. The molecule has 2 N–H and O–H groups in total. The number of rotatable bonds is 6. The Morgan fingerprint density at radius 1 is 1.15 bits per heavy atom. The van der Waals surface area contributed by atoms with Gasteiger partial charge in [-0.3, -0.25) is 5.10 Å². The SMILES string of the molecule is Cc1cc(C)c(C(C)NCCCc2ncn[nH]2)cc1C. The van der Waals surface area contributed by atoms with Crippen LogP contribution in [0.5, 0.6) is 0 Å². The van der Waals surface area contributed by atoms with E-state index in [9.17, 15) is 0 Å². The molecule has 4 heteroatoms. The average Bonchev–Trinajstić information content (AvgIpc) is 2.92. The van der Waals surface area contributed by atoms with E-state index in [0.29, 0.717) is 6.04 Å². The molecule has 0 saturated carbocycles. The van der Waals surface area contributed by atoms with Gasteiger partial charge in [0.05, 0.1) is 0 Å². The van der Waals surface area contributed by atoms with E-state index in [0.717, 1.165) is 25.2 Å². The molecule has 0 bridgehead atoms. The van der Waals surface area contributed by atoms with Gasteiger partial charge < -0.3 is 5.32 Å². The van der Waals surface area contributed by atoms with Crippen LogP contribution < -0.4 is 5.32 Å². The Morgan fingerprint density at radius 3 is 2.60 bits per heavy atom. The summed E-state index contributed by atoms with van der Waals surface area (Å²) in [4.78, 5) is 4.13. The van der Waals surface area contributed by atoms with Crippen molar-refractivity contribution in [2.24, 2.45) is 0 Å². The molecule has 0 amide bonds. The third-order valence-electron chi connectivity index (χ3n) is 3.85. The first-order valence-corrected chi connectivity index (χ1v) is 7.23. The van der Waals surface area contributed by atoms with Crippen LogP contribution in [0, 0.1) is 20.8 Å². The van der Waals surface area contributed by atoms with Crippen molar-refractivity contribution < 1.29 is 0 Å². The maximum absolute atomic E-state index is 4.13. The number of aryl methyl sites for hydroxylation is 4. The second-order valence-electron chi connectivity index (χ2n) is 5.50. The van der Waals surface area contributed by atoms with Gasteiger partial charge in [-0.05, 0) is 62.9 Å². The Hall–Kier alpha value is -1.68. The fourth-order valence-electron chi connectivity index (χ4n) is 2.48. The number of H-pyrrole nitrogens is 1. The zero-order chi connectivity index (χ0) is 14.5. The third-order valence-corrected chi connectivity index (χ3v) is 3.85. The van der Waals surface area contributed by atoms with Crippen LogP contribution in [0.2, 0.25) is 0 Å². The topological polar surface area (TPSA) is 53.6 Å². The summed E-state index contributed by atoms with van der Waals surface area (Å²) < 4.78 is 0. The van der Waals surface area contributed by atoms with Gasteiger partial charge in [-0.2, -0.15) is 5.10 Å². The standard InChI is InChI=1S/C16H24N4/c1-11-8-13(3)15(9-12(11)2)14(4)17-7-5-6-16-18-10-19-20-16/h8-10,14,17H,5-7H2,1-4H3,(H,18,19,20). The molecule has 1 aromatic carbocycles. The van der Waals surface area contributed by atoms with Crippen molar-refractivity contribution >= 4 is 0 Å². The van der Waals surface area contributed by atoms with Crippen LogP contribution >= 0.6 is 0 Å². The quantitative estimate of drug-likeness (QED) is 0.795. The Labute approximate surface area is 121 Å². The summed E-state index contributed by atoms with van der Waals surface area (Å²) in [6.07, 6.45) is 3.55. The molecule has 0 spiro atoms. The van der Waals surface area contributed by atoms with Crippen molar-refractivity contribution in [2.45, 2.75) is 46.6 Å². The second-order valence-corrected chi connectivity index (χ2v) is 5.50. The molecule has 0 aliphatic carbocycles. The van der Waals surface area contributed by atoms with Crippen LogP contribution in [0.1, 0.15) is 47.5 Å². The minimum Gasteiger partial charge on any atom is -0.310 e. The Balaban J connectivity index is 1.85. The summed E-state index contributed by atoms with van der Waals surface area (Å²) in [7, 11) is 0. The molecule has 0 radical (unpaired) electrons. The molecule has 108 valence electrons. The van der Waals surface area contributed by atoms with Crippen LogP contribution in [0.15, 0.2) is 18.5 Å². The first-order valence-electron chi connectivity index (χ1n) is 7.23. The predicted octanol–water partition coefficient (Wildman–Crippen LogP) is 3.01. The van der Waals surface area contributed by atoms with Gasteiger partial charge in [0.25, 0.3) is 0 Å². The van der Waals surface area contributed by atoms with Gasteiger partial charge in [0.1, 0.15) is 12.2 Å². The highest BCUT2D eigenvalue weighted by Gasteiger charge is 2.09. The third kappa shape index (κ3) is 3.67. The zero-order valence-electron chi connectivity index (χ0n) is 12.8. The molecule has 2 aromatic rings. The lowest BCUT2D eigenvalue weighted by atomic mass is 9.96. The van der Waals surface area contributed by atoms with E-state index in [1.807, 2.05) is 0 Å². The first-order chi connectivity index (χ1) is 9.58. The summed E-state index contributed by atoms with van der Waals surface area (Å²) in [5.74, 6) is 0.960. The molecule has 20 heavy (non-hydrogen) atoms. The lowest BCUT2D eigenvalue weighted by Crippen LogP contribution is -2.21. The van der Waals surface area contributed by atoms with Gasteiger partial charge in [0.2, 0.25) is 0 Å². The number of hydrogen-bond acceptors (Lipinski definition) is 3. The number of aromatic nitrogens is 3. The largest absolute Gasteiger partial charge is 0.310 e. The van der Waals surface area contributed by atoms with Gasteiger partial charge in [-0.25, -0.2) is 4.98 Å². The molecule has 4 nitrogen and oxygen atoms in total. The molecule has 0 fully saturated rings. The Kier molecular flexibility index (Phi) is 4.90. The molecule has 1 aromatic heterocycles. The number of nitrogens with zero attached hydrogens (tertiary/aromatic N) is 2. The summed E-state index contributed by atoms with van der Waals surface area (Å²) in [5, 5.41) is 10.3. The van der Waals surface area contributed by atoms with Crippen molar-refractivity contribution in [3.05, 3.63) is 46.5 Å². The Morgan fingerprint density at radius 2 is 1.90 bits per heavy atom. The van der Waals surface area contributed by atoms with Crippen LogP contribution in [-0.2, 0) is 6.42 Å². The Bertz CT molecular complexity index is 546. The maximum Gasteiger partial charge on any atom is 0.137 e. The monoisotopic (exact) mass is 272 g/mol. The second kappa shape index (κ2) is 6.66.